The fourth-order valence-electron chi connectivity index (χ4n) is 0.966. The topological polar surface area (TPSA) is 71.1 Å². The highest BCUT2D eigenvalue weighted by Crippen LogP contribution is 2.08. The molecule has 0 fully saturated rings. The predicted molar refractivity (Wildman–Crippen MR) is 61.0 cm³/mol. The van der Waals surface area contributed by atoms with Crippen LogP contribution in [0.1, 0.15) is 0 Å². The molecule has 0 radical (unpaired) electrons. The van der Waals surface area contributed by atoms with Crippen LogP contribution in [0.2, 0.25) is 0 Å². The Morgan fingerprint density at radius 2 is 1.67 bits per heavy atom. The van der Waals surface area contributed by atoms with Gasteiger partial charge in [0, 0.05) is 0 Å². The number of hydrogen-bond acceptors (Lipinski definition) is 6. The van der Waals surface area contributed by atoms with Crippen molar-refractivity contribution in [3.63, 3.8) is 0 Å². The van der Waals surface area contributed by atoms with Crippen LogP contribution in [0.5, 0.6) is 5.75 Å². The Labute approximate surface area is 104 Å². The van der Waals surface area contributed by atoms with Crippen molar-refractivity contribution in [1.29, 1.82) is 0 Å². The van der Waals surface area contributed by atoms with Crippen LogP contribution in [0, 0.1) is 0 Å². The second kappa shape index (κ2) is 7.72. The van der Waals surface area contributed by atoms with E-state index in [0.29, 0.717) is 5.75 Å². The lowest BCUT2D eigenvalue weighted by molar-refractivity contribution is 0.0476. The molecule has 0 unspecified atom stereocenters. The highest BCUT2D eigenvalue weighted by atomic mass is 16.7. The average Bonchev–Trinajstić information content (AvgIpc) is 2.36. The predicted octanol–water partition coefficient (Wildman–Crippen LogP) is 2.50. The number of carbonyl (C=O) groups is 2. The Bertz CT molecular complexity index is 400. The molecule has 18 heavy (non-hydrogen) atoms. The smallest absolute Gasteiger partial charge is 0.430 e. The average molecular weight is 252 g/mol. The Hall–Kier alpha value is -2.50. The van der Waals surface area contributed by atoms with Gasteiger partial charge in [-0.2, -0.15) is 0 Å². The van der Waals surface area contributed by atoms with Crippen molar-refractivity contribution in [3.05, 3.63) is 43.2 Å². The number of hydrogen-bond donors (Lipinski definition) is 0. The minimum absolute atomic E-state index is 0.127. The molecule has 0 spiro atoms. The van der Waals surface area contributed by atoms with Gasteiger partial charge in [-0.15, -0.1) is 0 Å². The van der Waals surface area contributed by atoms with Crippen LogP contribution in [0.4, 0.5) is 9.59 Å². The first kappa shape index (κ1) is 13.6. The molecule has 0 N–H and O–H groups in total. The summed E-state index contributed by atoms with van der Waals surface area (Å²) in [6, 6.07) is 8.45. The summed E-state index contributed by atoms with van der Waals surface area (Å²) >= 11 is 0. The molecule has 1 aromatic rings. The van der Waals surface area contributed by atoms with Gasteiger partial charge in [0.15, 0.2) is 0 Å². The summed E-state index contributed by atoms with van der Waals surface area (Å²) in [5.74, 6) is 0.370. The maximum atomic E-state index is 11.2. The molecule has 0 aliphatic heterocycles. The molecule has 0 aliphatic rings. The first-order chi connectivity index (χ1) is 8.72. The van der Waals surface area contributed by atoms with Gasteiger partial charge in [0.2, 0.25) is 0 Å². The molecule has 96 valence electrons. The van der Waals surface area contributed by atoms with E-state index in [-0.39, 0.29) is 13.2 Å². The summed E-state index contributed by atoms with van der Waals surface area (Å²) in [5, 5.41) is 0. The quantitative estimate of drug-likeness (QED) is 0.347. The molecule has 0 atom stereocenters. The van der Waals surface area contributed by atoms with Gasteiger partial charge in [-0.3, -0.25) is 0 Å². The molecule has 0 saturated carbocycles. The van der Waals surface area contributed by atoms with Crippen LogP contribution in [0.3, 0.4) is 0 Å². The standard InChI is InChI=1S/C12H12O6/c1-2-15-11(13)16-8-9-17-12(14)18-10-6-4-3-5-7-10/h2-7H,1,8-9H2. The minimum atomic E-state index is -0.912. The van der Waals surface area contributed by atoms with Gasteiger partial charge >= 0.3 is 12.3 Å². The molecule has 0 bridgehead atoms. The number of benzene rings is 1. The van der Waals surface area contributed by atoms with E-state index in [4.69, 9.17) is 4.74 Å². The number of para-hydroxylation sites is 1. The second-order valence-electron chi connectivity index (χ2n) is 2.90. The monoisotopic (exact) mass is 252 g/mol. The molecular weight excluding hydrogens is 240 g/mol. The molecule has 1 aromatic carbocycles. The fraction of sp³-hybridized carbons (Fsp3) is 0.167. The van der Waals surface area contributed by atoms with Crippen LogP contribution >= 0.6 is 0 Å². The summed E-state index contributed by atoms with van der Waals surface area (Å²) in [6.07, 6.45) is -0.848. The van der Waals surface area contributed by atoms with E-state index in [0.717, 1.165) is 6.26 Å². The van der Waals surface area contributed by atoms with E-state index in [2.05, 4.69) is 20.8 Å². The summed E-state index contributed by atoms with van der Waals surface area (Å²) < 4.78 is 18.3. The van der Waals surface area contributed by atoms with Gasteiger partial charge in [-0.1, -0.05) is 24.8 Å². The van der Waals surface area contributed by atoms with Gasteiger partial charge in [-0.25, -0.2) is 9.59 Å². The van der Waals surface area contributed by atoms with E-state index < -0.39 is 12.3 Å². The first-order valence-electron chi connectivity index (χ1n) is 5.06. The Balaban J connectivity index is 2.14. The third-order valence-corrected chi connectivity index (χ3v) is 1.65. The lowest BCUT2D eigenvalue weighted by atomic mass is 10.3. The van der Waals surface area contributed by atoms with Gasteiger partial charge in [0.05, 0.1) is 6.26 Å². The number of carbonyl (C=O) groups excluding carboxylic acids is 2. The summed E-state index contributed by atoms with van der Waals surface area (Å²) in [4.78, 5) is 21.8. The number of rotatable bonds is 5. The maximum absolute atomic E-state index is 11.2. The van der Waals surface area contributed by atoms with Crippen LogP contribution in [0.15, 0.2) is 43.2 Å². The fourth-order valence-corrected chi connectivity index (χ4v) is 0.966. The molecule has 6 nitrogen and oxygen atoms in total. The Morgan fingerprint density at radius 1 is 1.06 bits per heavy atom. The van der Waals surface area contributed by atoms with Crippen molar-refractivity contribution >= 4 is 12.3 Å². The zero-order chi connectivity index (χ0) is 13.2. The van der Waals surface area contributed by atoms with Crippen LogP contribution in [-0.4, -0.2) is 25.5 Å². The van der Waals surface area contributed by atoms with Crippen molar-refractivity contribution in [2.45, 2.75) is 0 Å². The zero-order valence-corrected chi connectivity index (χ0v) is 9.53. The van der Waals surface area contributed by atoms with Gasteiger partial charge in [0.1, 0.15) is 19.0 Å². The molecule has 0 saturated heterocycles. The normalized spacial score (nSPS) is 9.11. The minimum Gasteiger partial charge on any atom is -0.430 e. The molecule has 0 aliphatic carbocycles. The van der Waals surface area contributed by atoms with E-state index in [1.807, 2.05) is 0 Å². The summed E-state index contributed by atoms with van der Waals surface area (Å²) in [7, 11) is 0. The van der Waals surface area contributed by atoms with Gasteiger partial charge in [0.25, 0.3) is 0 Å². The molecule has 1 rings (SSSR count). The second-order valence-corrected chi connectivity index (χ2v) is 2.90. The van der Waals surface area contributed by atoms with Crippen molar-refractivity contribution in [2.75, 3.05) is 13.2 Å². The lowest BCUT2D eigenvalue weighted by Crippen LogP contribution is -2.16. The molecule has 0 amide bonds. The third-order valence-electron chi connectivity index (χ3n) is 1.65. The van der Waals surface area contributed by atoms with E-state index >= 15 is 0 Å². The zero-order valence-electron chi connectivity index (χ0n) is 9.53. The van der Waals surface area contributed by atoms with E-state index in [9.17, 15) is 9.59 Å². The molecular formula is C12H12O6. The maximum Gasteiger partial charge on any atom is 0.513 e. The van der Waals surface area contributed by atoms with Gasteiger partial charge < -0.3 is 18.9 Å². The number of ether oxygens (including phenoxy) is 4. The van der Waals surface area contributed by atoms with E-state index in [1.165, 1.54) is 0 Å². The van der Waals surface area contributed by atoms with Crippen molar-refractivity contribution in [1.82, 2.24) is 0 Å². The van der Waals surface area contributed by atoms with E-state index in [1.54, 1.807) is 30.3 Å². The van der Waals surface area contributed by atoms with Crippen molar-refractivity contribution in [3.8, 4) is 5.75 Å². The third kappa shape index (κ3) is 5.55. The first-order valence-corrected chi connectivity index (χ1v) is 5.06. The SMILES string of the molecule is C=COC(=O)OCCOC(=O)Oc1ccccc1. The Kier molecular flexibility index (Phi) is 5.82. The Morgan fingerprint density at radius 3 is 2.28 bits per heavy atom. The van der Waals surface area contributed by atoms with Crippen molar-refractivity contribution in [2.24, 2.45) is 0 Å². The molecule has 0 aromatic heterocycles. The largest absolute Gasteiger partial charge is 0.513 e. The molecule has 6 heteroatoms. The highest BCUT2D eigenvalue weighted by molar-refractivity contribution is 5.63. The van der Waals surface area contributed by atoms with Crippen molar-refractivity contribution < 1.29 is 28.5 Å². The van der Waals surface area contributed by atoms with Gasteiger partial charge in [-0.05, 0) is 12.1 Å². The summed E-state index contributed by atoms with van der Waals surface area (Å²) in [5.41, 5.74) is 0. The molecule has 0 heterocycles. The van der Waals surface area contributed by atoms with Crippen LogP contribution < -0.4 is 4.74 Å². The highest BCUT2D eigenvalue weighted by Gasteiger charge is 2.06. The lowest BCUT2D eigenvalue weighted by Gasteiger charge is -2.05. The summed E-state index contributed by atoms with van der Waals surface area (Å²) in [6.45, 7) is 2.92. The van der Waals surface area contributed by atoms with Crippen LogP contribution in [0.25, 0.3) is 0 Å². The van der Waals surface area contributed by atoms with Crippen LogP contribution in [-0.2, 0) is 14.2 Å².